The maximum absolute atomic E-state index is 13.1. The number of piperazine rings is 1. The maximum atomic E-state index is 13.1. The van der Waals surface area contributed by atoms with E-state index in [1.165, 1.54) is 4.31 Å². The van der Waals surface area contributed by atoms with Crippen LogP contribution in [0.3, 0.4) is 0 Å². The van der Waals surface area contributed by atoms with Crippen LogP contribution in [0.4, 0.5) is 0 Å². The number of amides is 1. The Bertz CT molecular complexity index is 1320. The average Bonchev–Trinajstić information content (AvgIpc) is 3.31. The predicted octanol–water partition coefficient (Wildman–Crippen LogP) is 1.61. The molecule has 10 heteroatoms. The van der Waals surface area contributed by atoms with E-state index < -0.39 is 16.1 Å². The van der Waals surface area contributed by atoms with E-state index in [1.54, 1.807) is 24.7 Å². The normalized spacial score (nSPS) is 16.9. The molecular formula is C26H30N6O3S. The number of sulfonamides is 1. The second-order valence-electron chi connectivity index (χ2n) is 8.97. The quantitative estimate of drug-likeness (QED) is 0.472. The van der Waals surface area contributed by atoms with Crippen LogP contribution >= 0.6 is 0 Å². The summed E-state index contributed by atoms with van der Waals surface area (Å²) < 4.78 is 28.1. The van der Waals surface area contributed by atoms with Crippen LogP contribution in [-0.2, 0) is 34.3 Å². The molecule has 1 aromatic heterocycles. The molecule has 188 valence electrons. The van der Waals surface area contributed by atoms with Crippen LogP contribution in [0, 0.1) is 11.3 Å². The second kappa shape index (κ2) is 11.5. The molecule has 2 aromatic carbocycles. The molecule has 1 atom stereocenters. The molecule has 0 radical (unpaired) electrons. The third-order valence-electron chi connectivity index (χ3n) is 6.31. The first-order valence-corrected chi connectivity index (χ1v) is 13.7. The van der Waals surface area contributed by atoms with Crippen molar-refractivity contribution in [2.75, 3.05) is 32.4 Å². The zero-order chi connectivity index (χ0) is 25.5. The van der Waals surface area contributed by atoms with E-state index in [0.29, 0.717) is 44.7 Å². The van der Waals surface area contributed by atoms with Crippen molar-refractivity contribution >= 4 is 15.9 Å². The largest absolute Gasteiger partial charge is 0.354 e. The van der Waals surface area contributed by atoms with E-state index in [0.717, 1.165) is 23.1 Å². The molecule has 1 fully saturated rings. The molecule has 36 heavy (non-hydrogen) atoms. The van der Waals surface area contributed by atoms with Crippen LogP contribution in [0.15, 0.2) is 67.1 Å². The molecule has 0 aliphatic carbocycles. The standard InChI is InChI=1S/C26H30N6O3S/c1-36(34,35)32-14-13-30(17-22-5-3-2-4-6-22)19-25(32)26(33)29-12-11-24-16-28-20-31(24)18-23-9-7-21(15-27)8-10-23/h2-10,16,20,25H,11-14,17-19H2,1H3,(H,29,33)/t25-/m1/s1. The molecule has 0 spiro atoms. The summed E-state index contributed by atoms with van der Waals surface area (Å²) in [6.45, 7) is 2.82. The van der Waals surface area contributed by atoms with E-state index in [2.05, 4.69) is 21.3 Å². The Morgan fingerprint density at radius 2 is 1.81 bits per heavy atom. The number of carbonyl (C=O) groups is 1. The van der Waals surface area contributed by atoms with E-state index in [4.69, 9.17) is 5.26 Å². The van der Waals surface area contributed by atoms with Crippen LogP contribution in [0.2, 0.25) is 0 Å². The number of carbonyl (C=O) groups excluding carboxylic acids is 1. The lowest BCUT2D eigenvalue weighted by Crippen LogP contribution is -2.60. The molecule has 0 unspecified atom stereocenters. The summed E-state index contributed by atoms with van der Waals surface area (Å²) in [4.78, 5) is 19.5. The minimum atomic E-state index is -3.52. The fraction of sp³-hybridized carbons (Fsp3) is 0.346. The van der Waals surface area contributed by atoms with Crippen molar-refractivity contribution in [3.05, 3.63) is 89.5 Å². The van der Waals surface area contributed by atoms with Gasteiger partial charge in [0.1, 0.15) is 6.04 Å². The van der Waals surface area contributed by atoms with Gasteiger partial charge in [0.05, 0.1) is 24.2 Å². The first-order chi connectivity index (χ1) is 17.3. The van der Waals surface area contributed by atoms with E-state index in [9.17, 15) is 13.2 Å². The summed E-state index contributed by atoms with van der Waals surface area (Å²) in [5.74, 6) is -0.295. The van der Waals surface area contributed by atoms with E-state index in [1.807, 2.05) is 47.0 Å². The molecule has 0 bridgehead atoms. The van der Waals surface area contributed by atoms with Crippen molar-refractivity contribution < 1.29 is 13.2 Å². The first kappa shape index (κ1) is 25.6. The van der Waals surface area contributed by atoms with Crippen molar-refractivity contribution in [1.82, 2.24) is 24.1 Å². The number of nitrogens with one attached hydrogen (secondary N) is 1. The lowest BCUT2D eigenvalue weighted by atomic mass is 10.1. The molecule has 1 N–H and O–H groups in total. The number of hydrogen-bond acceptors (Lipinski definition) is 6. The predicted molar refractivity (Wildman–Crippen MR) is 136 cm³/mol. The van der Waals surface area contributed by atoms with Gasteiger partial charge >= 0.3 is 0 Å². The molecule has 3 aromatic rings. The highest BCUT2D eigenvalue weighted by atomic mass is 32.2. The molecule has 0 saturated carbocycles. The summed E-state index contributed by atoms with van der Waals surface area (Å²) in [5, 5.41) is 11.9. The monoisotopic (exact) mass is 506 g/mol. The molecule has 2 heterocycles. The summed E-state index contributed by atoms with van der Waals surface area (Å²) in [6, 6.07) is 18.7. The lowest BCUT2D eigenvalue weighted by Gasteiger charge is -2.39. The van der Waals surface area contributed by atoms with Crippen LogP contribution < -0.4 is 5.32 Å². The molecule has 1 saturated heterocycles. The minimum absolute atomic E-state index is 0.279. The molecule has 1 aliphatic rings. The summed E-state index contributed by atoms with van der Waals surface area (Å²) in [5.41, 5.74) is 3.73. The zero-order valence-corrected chi connectivity index (χ0v) is 21.1. The average molecular weight is 507 g/mol. The molecule has 9 nitrogen and oxygen atoms in total. The van der Waals surface area contributed by atoms with Crippen molar-refractivity contribution in [1.29, 1.82) is 5.26 Å². The van der Waals surface area contributed by atoms with Gasteiger partial charge in [0, 0.05) is 57.6 Å². The maximum Gasteiger partial charge on any atom is 0.239 e. The van der Waals surface area contributed by atoms with Crippen LogP contribution in [0.25, 0.3) is 0 Å². The van der Waals surface area contributed by atoms with Gasteiger partial charge in [-0.1, -0.05) is 42.5 Å². The van der Waals surface area contributed by atoms with Crippen molar-refractivity contribution in [2.24, 2.45) is 0 Å². The van der Waals surface area contributed by atoms with Crippen LogP contribution in [-0.4, -0.2) is 71.6 Å². The molecule has 1 amide bonds. The second-order valence-corrected chi connectivity index (χ2v) is 10.9. The Labute approximate surface area is 212 Å². The van der Waals surface area contributed by atoms with Gasteiger partial charge in [0.25, 0.3) is 0 Å². The highest BCUT2D eigenvalue weighted by molar-refractivity contribution is 7.88. The number of hydrogen-bond donors (Lipinski definition) is 1. The van der Waals surface area contributed by atoms with Gasteiger partial charge in [-0.05, 0) is 23.3 Å². The summed E-state index contributed by atoms with van der Waals surface area (Å²) >= 11 is 0. The third-order valence-corrected chi connectivity index (χ3v) is 7.60. The van der Waals surface area contributed by atoms with Gasteiger partial charge in [-0.15, -0.1) is 0 Å². The Kier molecular flexibility index (Phi) is 8.15. The van der Waals surface area contributed by atoms with Gasteiger partial charge in [-0.2, -0.15) is 9.57 Å². The van der Waals surface area contributed by atoms with E-state index >= 15 is 0 Å². The van der Waals surface area contributed by atoms with Gasteiger partial charge in [-0.25, -0.2) is 13.4 Å². The molecular weight excluding hydrogens is 476 g/mol. The number of imidazole rings is 1. The minimum Gasteiger partial charge on any atom is -0.354 e. The lowest BCUT2D eigenvalue weighted by molar-refractivity contribution is -0.126. The zero-order valence-electron chi connectivity index (χ0n) is 20.2. The van der Waals surface area contributed by atoms with Crippen LogP contribution in [0.1, 0.15) is 22.4 Å². The number of nitriles is 1. The van der Waals surface area contributed by atoms with Crippen LogP contribution in [0.5, 0.6) is 0 Å². The van der Waals surface area contributed by atoms with Crippen molar-refractivity contribution in [2.45, 2.75) is 25.6 Å². The molecule has 4 rings (SSSR count). The fourth-order valence-electron chi connectivity index (χ4n) is 4.43. The van der Waals surface area contributed by atoms with Gasteiger partial charge in [-0.3, -0.25) is 9.69 Å². The summed E-state index contributed by atoms with van der Waals surface area (Å²) in [6.07, 6.45) is 5.22. The van der Waals surface area contributed by atoms with Crippen molar-refractivity contribution in [3.8, 4) is 6.07 Å². The molecule has 1 aliphatic heterocycles. The van der Waals surface area contributed by atoms with Crippen molar-refractivity contribution in [3.63, 3.8) is 0 Å². The summed E-state index contributed by atoms with van der Waals surface area (Å²) in [7, 11) is -3.52. The first-order valence-electron chi connectivity index (χ1n) is 11.8. The SMILES string of the molecule is CS(=O)(=O)N1CCN(Cc2ccccc2)C[C@@H]1C(=O)NCCc1cncn1Cc1ccc(C#N)cc1. The topological polar surface area (TPSA) is 111 Å². The van der Waals surface area contributed by atoms with Gasteiger partial charge in [0.2, 0.25) is 15.9 Å². The Hall–Kier alpha value is -3.52. The third kappa shape index (κ3) is 6.57. The highest BCUT2D eigenvalue weighted by Gasteiger charge is 2.37. The van der Waals surface area contributed by atoms with Gasteiger partial charge < -0.3 is 9.88 Å². The number of nitrogens with zero attached hydrogens (tertiary/aromatic N) is 5. The highest BCUT2D eigenvalue weighted by Crippen LogP contribution is 2.17. The Morgan fingerprint density at radius 1 is 1.08 bits per heavy atom. The number of aromatic nitrogens is 2. The number of rotatable bonds is 9. The number of benzene rings is 2. The Morgan fingerprint density at radius 3 is 2.50 bits per heavy atom. The Balaban J connectivity index is 1.36. The fourth-order valence-corrected chi connectivity index (χ4v) is 5.47. The van der Waals surface area contributed by atoms with Gasteiger partial charge in [0.15, 0.2) is 0 Å². The van der Waals surface area contributed by atoms with E-state index in [-0.39, 0.29) is 12.5 Å². The smallest absolute Gasteiger partial charge is 0.239 e.